The zero-order valence-corrected chi connectivity index (χ0v) is 21.0. The first-order valence-corrected chi connectivity index (χ1v) is 12.3. The van der Waals surface area contributed by atoms with Gasteiger partial charge >= 0.3 is 0 Å². The van der Waals surface area contributed by atoms with Crippen LogP contribution in [0.1, 0.15) is 15.9 Å². The van der Waals surface area contributed by atoms with E-state index in [0.717, 1.165) is 26.6 Å². The lowest BCUT2D eigenvalue weighted by molar-refractivity contribution is 0.102. The minimum absolute atomic E-state index is 0.187. The molecule has 0 aliphatic heterocycles. The van der Waals surface area contributed by atoms with Gasteiger partial charge in [-0.2, -0.15) is 0 Å². The van der Waals surface area contributed by atoms with Crippen molar-refractivity contribution in [3.8, 4) is 17.1 Å². The average molecular weight is 535 g/mol. The number of nitrogens with one attached hydrogen (secondary N) is 1. The smallest absolute Gasteiger partial charge is 0.255 e. The van der Waals surface area contributed by atoms with E-state index in [1.54, 1.807) is 18.9 Å². The summed E-state index contributed by atoms with van der Waals surface area (Å²) in [6.07, 6.45) is 1.84. The van der Waals surface area contributed by atoms with Crippen LogP contribution in [0, 0.1) is 0 Å². The fraction of sp³-hybridized carbons (Fsp3) is 0.115. The van der Waals surface area contributed by atoms with Crippen molar-refractivity contribution in [2.45, 2.75) is 17.5 Å². The van der Waals surface area contributed by atoms with Crippen molar-refractivity contribution in [2.75, 3.05) is 12.4 Å². The number of aromatic nitrogens is 3. The number of allylic oxidation sites excluding steroid dienone is 1. The van der Waals surface area contributed by atoms with Crippen LogP contribution in [-0.4, -0.2) is 27.8 Å². The Hall–Kier alpha value is -3.36. The molecule has 1 heterocycles. The topological polar surface area (TPSA) is 69.0 Å². The van der Waals surface area contributed by atoms with Gasteiger partial charge in [0.05, 0.1) is 12.8 Å². The maximum atomic E-state index is 12.6. The number of anilines is 1. The molecule has 34 heavy (non-hydrogen) atoms. The van der Waals surface area contributed by atoms with E-state index in [-0.39, 0.29) is 5.91 Å². The lowest BCUT2D eigenvalue weighted by Gasteiger charge is -2.10. The summed E-state index contributed by atoms with van der Waals surface area (Å²) < 4.78 is 8.36. The standard InChI is InChI=1S/C26H23BrN4O2S/c1-3-16-31-24(19-12-14-21(27)15-13-19)29-30-26(31)34-17-18-8-10-20(11-9-18)25(32)28-22-6-4-5-7-23(22)33-2/h3-15H,1,16-17H2,2H3,(H,28,32). The number of rotatable bonds is 9. The molecule has 3 aromatic carbocycles. The molecule has 172 valence electrons. The molecule has 0 radical (unpaired) electrons. The third-order valence-corrected chi connectivity index (χ3v) is 6.64. The van der Waals surface area contributed by atoms with E-state index in [2.05, 4.69) is 42.6 Å². The number of benzene rings is 3. The number of halogens is 1. The van der Waals surface area contributed by atoms with Crippen LogP contribution < -0.4 is 10.1 Å². The van der Waals surface area contributed by atoms with E-state index in [1.807, 2.05) is 78.9 Å². The van der Waals surface area contributed by atoms with Crippen LogP contribution in [0.25, 0.3) is 11.4 Å². The highest BCUT2D eigenvalue weighted by Gasteiger charge is 2.14. The van der Waals surface area contributed by atoms with Crippen molar-refractivity contribution >= 4 is 39.3 Å². The lowest BCUT2D eigenvalue weighted by atomic mass is 10.1. The van der Waals surface area contributed by atoms with E-state index >= 15 is 0 Å². The number of thioether (sulfide) groups is 1. The highest BCUT2D eigenvalue weighted by Crippen LogP contribution is 2.28. The highest BCUT2D eigenvalue weighted by molar-refractivity contribution is 9.10. The molecular formula is C26H23BrN4O2S. The number of carbonyl (C=O) groups excluding carboxylic acids is 1. The van der Waals surface area contributed by atoms with Crippen molar-refractivity contribution < 1.29 is 9.53 Å². The average Bonchev–Trinajstić information content (AvgIpc) is 3.26. The van der Waals surface area contributed by atoms with Gasteiger partial charge in [-0.05, 0) is 42.0 Å². The summed E-state index contributed by atoms with van der Waals surface area (Å²) in [6.45, 7) is 4.49. The summed E-state index contributed by atoms with van der Waals surface area (Å²) >= 11 is 5.06. The van der Waals surface area contributed by atoms with Crippen LogP contribution in [0.4, 0.5) is 5.69 Å². The molecule has 0 spiro atoms. The lowest BCUT2D eigenvalue weighted by Crippen LogP contribution is -2.12. The van der Waals surface area contributed by atoms with Crippen molar-refractivity contribution in [2.24, 2.45) is 0 Å². The number of hydrogen-bond acceptors (Lipinski definition) is 5. The van der Waals surface area contributed by atoms with Gasteiger partial charge in [-0.15, -0.1) is 16.8 Å². The van der Waals surface area contributed by atoms with E-state index in [0.29, 0.717) is 29.3 Å². The minimum atomic E-state index is -0.187. The zero-order chi connectivity index (χ0) is 23.9. The first kappa shape index (κ1) is 23.8. The van der Waals surface area contributed by atoms with Gasteiger partial charge in [-0.1, -0.05) is 70.2 Å². The summed E-state index contributed by atoms with van der Waals surface area (Å²) in [6, 6.07) is 22.9. The summed E-state index contributed by atoms with van der Waals surface area (Å²) in [4.78, 5) is 12.6. The zero-order valence-electron chi connectivity index (χ0n) is 18.6. The van der Waals surface area contributed by atoms with Crippen molar-refractivity contribution in [3.63, 3.8) is 0 Å². The second-order valence-corrected chi connectivity index (χ2v) is 9.21. The Morgan fingerprint density at radius 2 is 1.82 bits per heavy atom. The number of amides is 1. The van der Waals surface area contributed by atoms with Gasteiger partial charge in [0.25, 0.3) is 5.91 Å². The second kappa shape index (κ2) is 11.2. The first-order valence-electron chi connectivity index (χ1n) is 10.5. The summed E-state index contributed by atoms with van der Waals surface area (Å²) in [5.74, 6) is 1.94. The molecule has 1 N–H and O–H groups in total. The van der Waals surface area contributed by atoms with Crippen molar-refractivity contribution in [1.82, 2.24) is 14.8 Å². The molecule has 0 aliphatic carbocycles. The predicted octanol–water partition coefficient (Wildman–Crippen LogP) is 6.45. The SMILES string of the molecule is C=CCn1c(SCc2ccc(C(=O)Nc3ccccc3OC)cc2)nnc1-c1ccc(Br)cc1. The van der Waals surface area contributed by atoms with Crippen LogP contribution >= 0.6 is 27.7 Å². The second-order valence-electron chi connectivity index (χ2n) is 7.35. The number of methoxy groups -OCH3 is 1. The largest absolute Gasteiger partial charge is 0.495 e. The number of nitrogens with zero attached hydrogens (tertiary/aromatic N) is 3. The fourth-order valence-corrected chi connectivity index (χ4v) is 4.51. The maximum absolute atomic E-state index is 12.6. The van der Waals surface area contributed by atoms with Crippen LogP contribution in [0.15, 0.2) is 95.1 Å². The Balaban J connectivity index is 1.43. The number of carbonyl (C=O) groups is 1. The van der Waals surface area contributed by atoms with Crippen LogP contribution in [0.5, 0.6) is 5.75 Å². The quantitative estimate of drug-likeness (QED) is 0.197. The van der Waals surface area contributed by atoms with Crippen LogP contribution in [0.2, 0.25) is 0 Å². The first-order chi connectivity index (χ1) is 16.6. The van der Waals surface area contributed by atoms with Crippen molar-refractivity contribution in [3.05, 3.63) is 101 Å². The van der Waals surface area contributed by atoms with Gasteiger partial charge < -0.3 is 10.1 Å². The molecule has 0 saturated carbocycles. The van der Waals surface area contributed by atoms with Crippen molar-refractivity contribution in [1.29, 1.82) is 0 Å². The van der Waals surface area contributed by atoms with Crippen LogP contribution in [0.3, 0.4) is 0 Å². The third-order valence-electron chi connectivity index (χ3n) is 5.07. The monoisotopic (exact) mass is 534 g/mol. The normalized spacial score (nSPS) is 10.6. The molecular weight excluding hydrogens is 512 g/mol. The summed E-state index contributed by atoms with van der Waals surface area (Å²) in [5.41, 5.74) is 3.29. The predicted molar refractivity (Wildman–Crippen MR) is 140 cm³/mol. The molecule has 6 nitrogen and oxygen atoms in total. The number of hydrogen-bond donors (Lipinski definition) is 1. The number of ether oxygens (including phenoxy) is 1. The van der Waals surface area contributed by atoms with Gasteiger partial charge in [0.1, 0.15) is 5.75 Å². The molecule has 0 atom stereocenters. The molecule has 0 fully saturated rings. The molecule has 8 heteroatoms. The Morgan fingerprint density at radius 3 is 2.53 bits per heavy atom. The maximum Gasteiger partial charge on any atom is 0.255 e. The van der Waals surface area contributed by atoms with E-state index in [9.17, 15) is 4.79 Å². The Labute approximate surface area is 211 Å². The minimum Gasteiger partial charge on any atom is -0.495 e. The van der Waals surface area contributed by atoms with Gasteiger partial charge in [-0.3, -0.25) is 9.36 Å². The van der Waals surface area contributed by atoms with E-state index in [4.69, 9.17) is 4.74 Å². The Bertz CT molecular complexity index is 1290. The van der Waals surface area contributed by atoms with Gasteiger partial charge in [0, 0.05) is 27.9 Å². The molecule has 0 saturated heterocycles. The molecule has 0 aliphatic rings. The summed E-state index contributed by atoms with van der Waals surface area (Å²) in [7, 11) is 1.58. The highest BCUT2D eigenvalue weighted by atomic mass is 79.9. The molecule has 4 rings (SSSR count). The van der Waals surface area contributed by atoms with E-state index in [1.165, 1.54) is 0 Å². The summed E-state index contributed by atoms with van der Waals surface area (Å²) in [5, 5.41) is 12.5. The molecule has 4 aromatic rings. The van der Waals surface area contributed by atoms with Crippen LogP contribution in [-0.2, 0) is 12.3 Å². The Morgan fingerprint density at radius 1 is 1.09 bits per heavy atom. The fourth-order valence-electron chi connectivity index (χ4n) is 3.34. The Kier molecular flexibility index (Phi) is 7.82. The van der Waals surface area contributed by atoms with Gasteiger partial charge in [-0.25, -0.2) is 0 Å². The third kappa shape index (κ3) is 5.58. The molecule has 0 bridgehead atoms. The van der Waals surface area contributed by atoms with Gasteiger partial charge in [0.2, 0.25) is 0 Å². The van der Waals surface area contributed by atoms with E-state index < -0.39 is 0 Å². The number of para-hydroxylation sites is 2. The van der Waals surface area contributed by atoms with Gasteiger partial charge in [0.15, 0.2) is 11.0 Å². The molecule has 0 unspecified atom stereocenters. The molecule has 1 amide bonds. The molecule has 1 aromatic heterocycles.